The van der Waals surface area contributed by atoms with Gasteiger partial charge in [-0.3, -0.25) is 14.5 Å². The molecule has 6 heteroatoms. The molecular weight excluding hydrogens is 378 g/mol. The Kier molecular flexibility index (Phi) is 6.55. The Bertz CT molecular complexity index is 898. The Morgan fingerprint density at radius 2 is 1.63 bits per heavy atom. The SMILES string of the molecule is CC[C@]1(c2ccccc2)NC(=O)N(CC(=O)N[C@H](CC(C)C)c2ccccc2)C1=O. The molecule has 0 saturated carbocycles. The lowest BCUT2D eigenvalue weighted by Gasteiger charge is -2.26. The van der Waals surface area contributed by atoms with Gasteiger partial charge in [-0.2, -0.15) is 0 Å². The molecule has 1 saturated heterocycles. The molecule has 0 radical (unpaired) electrons. The fraction of sp³-hybridized carbons (Fsp3) is 0.375. The number of amides is 4. The molecule has 0 unspecified atom stereocenters. The minimum absolute atomic E-state index is 0.176. The molecule has 158 valence electrons. The molecule has 1 fully saturated rings. The van der Waals surface area contributed by atoms with Gasteiger partial charge in [0.05, 0.1) is 6.04 Å². The monoisotopic (exact) mass is 407 g/mol. The fourth-order valence-corrected chi connectivity index (χ4v) is 3.95. The summed E-state index contributed by atoms with van der Waals surface area (Å²) in [4.78, 5) is 39.6. The molecule has 6 nitrogen and oxygen atoms in total. The highest BCUT2D eigenvalue weighted by atomic mass is 16.2. The summed E-state index contributed by atoms with van der Waals surface area (Å²) in [5.41, 5.74) is 0.592. The normalized spacial score (nSPS) is 19.7. The van der Waals surface area contributed by atoms with E-state index >= 15 is 0 Å². The van der Waals surface area contributed by atoms with Crippen molar-refractivity contribution in [2.75, 3.05) is 6.54 Å². The zero-order chi connectivity index (χ0) is 21.7. The van der Waals surface area contributed by atoms with Crippen LogP contribution < -0.4 is 10.6 Å². The number of nitrogens with one attached hydrogen (secondary N) is 2. The molecular formula is C24H29N3O3. The van der Waals surface area contributed by atoms with Crippen molar-refractivity contribution in [2.45, 2.75) is 45.2 Å². The maximum absolute atomic E-state index is 13.2. The molecule has 2 aromatic rings. The van der Waals surface area contributed by atoms with Crippen molar-refractivity contribution in [3.63, 3.8) is 0 Å². The Labute approximate surface area is 177 Å². The molecule has 0 aromatic heterocycles. The van der Waals surface area contributed by atoms with Gasteiger partial charge in [0.1, 0.15) is 12.1 Å². The fourth-order valence-electron chi connectivity index (χ4n) is 3.95. The van der Waals surface area contributed by atoms with E-state index in [0.717, 1.165) is 22.4 Å². The molecule has 2 atom stereocenters. The molecule has 0 spiro atoms. The van der Waals surface area contributed by atoms with Crippen LogP contribution in [0.2, 0.25) is 0 Å². The predicted octanol–water partition coefficient (Wildman–Crippen LogP) is 3.75. The first-order valence-electron chi connectivity index (χ1n) is 10.4. The summed E-state index contributed by atoms with van der Waals surface area (Å²) in [6.45, 7) is 5.73. The third-order valence-electron chi connectivity index (χ3n) is 5.52. The van der Waals surface area contributed by atoms with Crippen molar-refractivity contribution in [3.8, 4) is 0 Å². The summed E-state index contributed by atoms with van der Waals surface area (Å²) in [5, 5.41) is 5.82. The summed E-state index contributed by atoms with van der Waals surface area (Å²) >= 11 is 0. The van der Waals surface area contributed by atoms with E-state index in [1.165, 1.54) is 0 Å². The largest absolute Gasteiger partial charge is 0.348 e. The van der Waals surface area contributed by atoms with E-state index in [4.69, 9.17) is 0 Å². The van der Waals surface area contributed by atoms with Gasteiger partial charge in [-0.15, -0.1) is 0 Å². The number of carbonyl (C=O) groups is 3. The molecule has 0 bridgehead atoms. The van der Waals surface area contributed by atoms with Crippen molar-refractivity contribution in [1.29, 1.82) is 0 Å². The lowest BCUT2D eigenvalue weighted by Crippen LogP contribution is -2.45. The number of urea groups is 1. The second-order valence-corrected chi connectivity index (χ2v) is 8.11. The molecule has 1 heterocycles. The maximum atomic E-state index is 13.2. The lowest BCUT2D eigenvalue weighted by atomic mass is 9.87. The van der Waals surface area contributed by atoms with Crippen LogP contribution in [0.5, 0.6) is 0 Å². The van der Waals surface area contributed by atoms with E-state index < -0.39 is 17.5 Å². The maximum Gasteiger partial charge on any atom is 0.325 e. The van der Waals surface area contributed by atoms with Crippen LogP contribution in [0.15, 0.2) is 60.7 Å². The Morgan fingerprint density at radius 1 is 1.03 bits per heavy atom. The highest BCUT2D eigenvalue weighted by Gasteiger charge is 2.51. The number of rotatable bonds is 8. The van der Waals surface area contributed by atoms with Gasteiger partial charge in [0.15, 0.2) is 0 Å². The van der Waals surface area contributed by atoms with Crippen molar-refractivity contribution < 1.29 is 14.4 Å². The van der Waals surface area contributed by atoms with Crippen LogP contribution in [-0.4, -0.2) is 29.3 Å². The van der Waals surface area contributed by atoms with Crippen LogP contribution in [0.4, 0.5) is 4.79 Å². The van der Waals surface area contributed by atoms with E-state index in [1.54, 1.807) is 0 Å². The first kappa shape index (κ1) is 21.6. The molecule has 1 aliphatic heterocycles. The van der Waals surface area contributed by atoms with Crippen molar-refractivity contribution >= 4 is 17.8 Å². The predicted molar refractivity (Wildman–Crippen MR) is 115 cm³/mol. The number of hydrogen-bond acceptors (Lipinski definition) is 3. The number of nitrogens with zero attached hydrogens (tertiary/aromatic N) is 1. The van der Waals surface area contributed by atoms with Gasteiger partial charge in [-0.25, -0.2) is 4.79 Å². The van der Waals surface area contributed by atoms with Crippen LogP contribution in [0.25, 0.3) is 0 Å². The standard InChI is InChI=1S/C24H29N3O3/c1-4-24(19-13-9-6-10-14-19)22(29)27(23(30)26-24)16-21(28)25-20(15-17(2)3)18-11-7-5-8-12-18/h5-14,17,20H,4,15-16H2,1-3H3,(H,25,28)(H,26,30)/t20-,24-/m1/s1. The second kappa shape index (κ2) is 9.11. The van der Waals surface area contributed by atoms with Crippen LogP contribution in [0, 0.1) is 5.92 Å². The van der Waals surface area contributed by atoms with E-state index in [0.29, 0.717) is 12.3 Å². The summed E-state index contributed by atoms with van der Waals surface area (Å²) in [6, 6.07) is 18.2. The van der Waals surface area contributed by atoms with Crippen LogP contribution >= 0.6 is 0 Å². The number of imide groups is 1. The first-order valence-corrected chi connectivity index (χ1v) is 10.4. The summed E-state index contributed by atoms with van der Waals surface area (Å²) < 4.78 is 0. The van der Waals surface area contributed by atoms with Crippen LogP contribution in [0.1, 0.15) is 50.8 Å². The van der Waals surface area contributed by atoms with Crippen molar-refractivity contribution in [1.82, 2.24) is 15.5 Å². The molecule has 30 heavy (non-hydrogen) atoms. The number of carbonyl (C=O) groups excluding carboxylic acids is 3. The van der Waals surface area contributed by atoms with E-state index in [-0.39, 0.29) is 18.5 Å². The van der Waals surface area contributed by atoms with Gasteiger partial charge in [-0.05, 0) is 29.9 Å². The lowest BCUT2D eigenvalue weighted by molar-refractivity contribution is -0.135. The van der Waals surface area contributed by atoms with Gasteiger partial charge < -0.3 is 10.6 Å². The third kappa shape index (κ3) is 4.37. The average molecular weight is 408 g/mol. The van der Waals surface area contributed by atoms with E-state index in [2.05, 4.69) is 24.5 Å². The molecule has 4 amide bonds. The third-order valence-corrected chi connectivity index (χ3v) is 5.52. The Morgan fingerprint density at radius 3 is 2.20 bits per heavy atom. The Balaban J connectivity index is 1.76. The zero-order valence-corrected chi connectivity index (χ0v) is 17.7. The van der Waals surface area contributed by atoms with Crippen molar-refractivity contribution in [2.24, 2.45) is 5.92 Å². The van der Waals surface area contributed by atoms with Gasteiger partial charge >= 0.3 is 6.03 Å². The van der Waals surface area contributed by atoms with Gasteiger partial charge in [0.2, 0.25) is 5.91 Å². The summed E-state index contributed by atoms with van der Waals surface area (Å²) in [7, 11) is 0. The van der Waals surface area contributed by atoms with E-state index in [1.807, 2.05) is 67.6 Å². The number of benzene rings is 2. The molecule has 2 N–H and O–H groups in total. The highest BCUT2D eigenvalue weighted by Crippen LogP contribution is 2.32. The molecule has 1 aliphatic rings. The van der Waals surface area contributed by atoms with E-state index in [9.17, 15) is 14.4 Å². The highest BCUT2D eigenvalue weighted by molar-refractivity contribution is 6.09. The quantitative estimate of drug-likeness (QED) is 0.654. The minimum atomic E-state index is -1.13. The summed E-state index contributed by atoms with van der Waals surface area (Å²) in [6.07, 6.45) is 1.17. The second-order valence-electron chi connectivity index (χ2n) is 8.11. The van der Waals surface area contributed by atoms with Crippen LogP contribution in [0.3, 0.4) is 0 Å². The van der Waals surface area contributed by atoms with Crippen molar-refractivity contribution in [3.05, 3.63) is 71.8 Å². The average Bonchev–Trinajstić information content (AvgIpc) is 2.99. The molecule has 0 aliphatic carbocycles. The zero-order valence-electron chi connectivity index (χ0n) is 17.7. The minimum Gasteiger partial charge on any atom is -0.348 e. The van der Waals surface area contributed by atoms with Gasteiger partial charge in [-0.1, -0.05) is 81.4 Å². The van der Waals surface area contributed by atoms with Gasteiger partial charge in [0.25, 0.3) is 5.91 Å². The first-order chi connectivity index (χ1) is 14.4. The van der Waals surface area contributed by atoms with Gasteiger partial charge in [0, 0.05) is 0 Å². The molecule has 2 aromatic carbocycles. The smallest absolute Gasteiger partial charge is 0.325 e. The number of hydrogen-bond donors (Lipinski definition) is 2. The summed E-state index contributed by atoms with van der Waals surface area (Å²) in [5.74, 6) is -0.373. The molecule has 3 rings (SSSR count). The van der Waals surface area contributed by atoms with Crippen LogP contribution in [-0.2, 0) is 15.1 Å². The topological polar surface area (TPSA) is 78.5 Å². The Hall–Kier alpha value is -3.15.